The van der Waals surface area contributed by atoms with Crippen LogP contribution >= 0.6 is 11.6 Å². The maximum Gasteiger partial charge on any atom is 0.222 e. The van der Waals surface area contributed by atoms with Crippen LogP contribution in [0.3, 0.4) is 0 Å². The van der Waals surface area contributed by atoms with Crippen LogP contribution in [0, 0.1) is 0 Å². The minimum absolute atomic E-state index is 0.307. The maximum absolute atomic E-state index is 11.2. The SMILES string of the molecule is O=C(CCCCCl)N1CCC1. The average molecular weight is 176 g/mol. The van der Waals surface area contributed by atoms with E-state index in [9.17, 15) is 4.79 Å². The number of likely N-dealkylation sites (tertiary alicyclic amines) is 1. The van der Waals surface area contributed by atoms with E-state index in [1.807, 2.05) is 4.90 Å². The number of hydrogen-bond acceptors (Lipinski definition) is 1. The van der Waals surface area contributed by atoms with E-state index in [2.05, 4.69) is 0 Å². The fourth-order valence-electron chi connectivity index (χ4n) is 1.09. The van der Waals surface area contributed by atoms with Gasteiger partial charge in [0.25, 0.3) is 0 Å². The van der Waals surface area contributed by atoms with Gasteiger partial charge in [0.1, 0.15) is 0 Å². The molecule has 1 rings (SSSR count). The molecule has 0 spiro atoms. The van der Waals surface area contributed by atoms with Gasteiger partial charge in [-0.05, 0) is 19.3 Å². The Morgan fingerprint density at radius 2 is 2.09 bits per heavy atom. The van der Waals surface area contributed by atoms with Crippen LogP contribution in [-0.4, -0.2) is 29.8 Å². The monoisotopic (exact) mass is 175 g/mol. The number of rotatable bonds is 4. The number of halogens is 1. The summed E-state index contributed by atoms with van der Waals surface area (Å²) >= 11 is 5.49. The number of nitrogens with zero attached hydrogens (tertiary/aromatic N) is 1. The molecule has 2 nitrogen and oxygen atoms in total. The van der Waals surface area contributed by atoms with E-state index < -0.39 is 0 Å². The number of carbonyl (C=O) groups excluding carboxylic acids is 1. The molecule has 1 heterocycles. The zero-order valence-electron chi connectivity index (χ0n) is 6.68. The molecule has 1 fully saturated rings. The van der Waals surface area contributed by atoms with Gasteiger partial charge in [0.05, 0.1) is 0 Å². The Kier molecular flexibility index (Phi) is 3.70. The summed E-state index contributed by atoms with van der Waals surface area (Å²) in [6.45, 7) is 1.94. The van der Waals surface area contributed by atoms with Gasteiger partial charge in [-0.15, -0.1) is 11.6 Å². The van der Waals surface area contributed by atoms with Crippen molar-refractivity contribution in [2.45, 2.75) is 25.7 Å². The van der Waals surface area contributed by atoms with Gasteiger partial charge in [-0.2, -0.15) is 0 Å². The maximum atomic E-state index is 11.2. The molecule has 1 amide bonds. The highest BCUT2D eigenvalue weighted by molar-refractivity contribution is 6.17. The molecular formula is C8H14ClNO. The van der Waals surface area contributed by atoms with Crippen LogP contribution in [-0.2, 0) is 4.79 Å². The van der Waals surface area contributed by atoms with Crippen molar-refractivity contribution in [1.82, 2.24) is 4.90 Å². The summed E-state index contributed by atoms with van der Waals surface area (Å²) in [6, 6.07) is 0. The molecule has 0 bridgehead atoms. The van der Waals surface area contributed by atoms with Crippen LogP contribution in [0.2, 0.25) is 0 Å². The molecule has 0 atom stereocenters. The van der Waals surface area contributed by atoms with E-state index >= 15 is 0 Å². The molecule has 0 aliphatic carbocycles. The van der Waals surface area contributed by atoms with Crippen LogP contribution in [0.4, 0.5) is 0 Å². The van der Waals surface area contributed by atoms with Crippen molar-refractivity contribution in [3.63, 3.8) is 0 Å². The standard InChI is InChI=1S/C8H14ClNO/c9-5-2-1-4-8(11)10-6-3-7-10/h1-7H2. The van der Waals surface area contributed by atoms with E-state index in [-0.39, 0.29) is 0 Å². The first-order valence-electron chi connectivity index (χ1n) is 4.18. The van der Waals surface area contributed by atoms with Crippen molar-refractivity contribution in [1.29, 1.82) is 0 Å². The van der Waals surface area contributed by atoms with Crippen molar-refractivity contribution in [3.05, 3.63) is 0 Å². The van der Waals surface area contributed by atoms with Gasteiger partial charge in [0.15, 0.2) is 0 Å². The Morgan fingerprint density at radius 1 is 1.36 bits per heavy atom. The summed E-state index contributed by atoms with van der Waals surface area (Å²) in [5.74, 6) is 0.981. The molecule has 0 unspecified atom stereocenters. The molecule has 0 N–H and O–H groups in total. The first-order valence-corrected chi connectivity index (χ1v) is 4.72. The third-order valence-corrected chi connectivity index (χ3v) is 2.25. The predicted octanol–water partition coefficient (Wildman–Crippen LogP) is 1.63. The summed E-state index contributed by atoms with van der Waals surface area (Å²) in [5.41, 5.74) is 0. The summed E-state index contributed by atoms with van der Waals surface area (Å²) in [7, 11) is 0. The van der Waals surface area contributed by atoms with Gasteiger partial charge in [-0.25, -0.2) is 0 Å². The van der Waals surface area contributed by atoms with Crippen molar-refractivity contribution in [3.8, 4) is 0 Å². The minimum atomic E-state index is 0.307. The molecule has 0 aromatic heterocycles. The highest BCUT2D eigenvalue weighted by atomic mass is 35.5. The molecule has 3 heteroatoms. The van der Waals surface area contributed by atoms with E-state index in [0.29, 0.717) is 18.2 Å². The van der Waals surface area contributed by atoms with Crippen LogP contribution in [0.1, 0.15) is 25.7 Å². The molecule has 0 aromatic rings. The lowest BCUT2D eigenvalue weighted by molar-refractivity contribution is -0.134. The van der Waals surface area contributed by atoms with Crippen molar-refractivity contribution < 1.29 is 4.79 Å². The molecule has 0 saturated carbocycles. The van der Waals surface area contributed by atoms with E-state index in [0.717, 1.165) is 25.9 Å². The first kappa shape index (κ1) is 8.85. The van der Waals surface area contributed by atoms with E-state index in [1.54, 1.807) is 0 Å². The molecule has 11 heavy (non-hydrogen) atoms. The molecule has 0 radical (unpaired) electrons. The van der Waals surface area contributed by atoms with Gasteiger partial charge >= 0.3 is 0 Å². The van der Waals surface area contributed by atoms with Gasteiger partial charge < -0.3 is 4.90 Å². The Labute approximate surface area is 72.5 Å². The summed E-state index contributed by atoms with van der Waals surface area (Å²) < 4.78 is 0. The molecule has 1 aliphatic rings. The third kappa shape index (κ3) is 2.70. The zero-order valence-corrected chi connectivity index (χ0v) is 7.44. The smallest absolute Gasteiger partial charge is 0.222 e. The van der Waals surface area contributed by atoms with Crippen LogP contribution in [0.25, 0.3) is 0 Å². The van der Waals surface area contributed by atoms with E-state index in [4.69, 9.17) is 11.6 Å². The lowest BCUT2D eigenvalue weighted by atomic mass is 10.1. The van der Waals surface area contributed by atoms with Crippen molar-refractivity contribution in [2.75, 3.05) is 19.0 Å². The fourth-order valence-corrected chi connectivity index (χ4v) is 1.28. The van der Waals surface area contributed by atoms with Crippen LogP contribution < -0.4 is 0 Å². The van der Waals surface area contributed by atoms with Crippen LogP contribution in [0.5, 0.6) is 0 Å². The second-order valence-electron chi connectivity index (χ2n) is 2.88. The molecule has 1 saturated heterocycles. The molecular weight excluding hydrogens is 162 g/mol. The summed E-state index contributed by atoms with van der Waals surface area (Å²) in [5, 5.41) is 0. The molecule has 0 aromatic carbocycles. The lowest BCUT2D eigenvalue weighted by Crippen LogP contribution is -2.41. The zero-order chi connectivity index (χ0) is 8.10. The van der Waals surface area contributed by atoms with Crippen molar-refractivity contribution in [2.24, 2.45) is 0 Å². The topological polar surface area (TPSA) is 20.3 Å². The number of unbranched alkanes of at least 4 members (excludes halogenated alkanes) is 1. The Bertz CT molecular complexity index is 134. The molecule has 64 valence electrons. The summed E-state index contributed by atoms with van der Waals surface area (Å²) in [4.78, 5) is 13.1. The number of amides is 1. The largest absolute Gasteiger partial charge is 0.343 e. The quantitative estimate of drug-likeness (QED) is 0.470. The highest BCUT2D eigenvalue weighted by Crippen LogP contribution is 2.09. The average Bonchev–Trinajstić information content (AvgIpc) is 1.84. The Balaban J connectivity index is 2.01. The highest BCUT2D eigenvalue weighted by Gasteiger charge is 2.18. The Morgan fingerprint density at radius 3 is 2.55 bits per heavy atom. The summed E-state index contributed by atoms with van der Waals surface area (Å²) in [6.07, 6.45) is 3.77. The van der Waals surface area contributed by atoms with Crippen molar-refractivity contribution >= 4 is 17.5 Å². The van der Waals surface area contributed by atoms with Gasteiger partial charge in [0.2, 0.25) is 5.91 Å². The third-order valence-electron chi connectivity index (χ3n) is 1.98. The number of hydrogen-bond donors (Lipinski definition) is 0. The Hall–Kier alpha value is -0.240. The molecule has 1 aliphatic heterocycles. The predicted molar refractivity (Wildman–Crippen MR) is 45.8 cm³/mol. The normalized spacial score (nSPS) is 16.3. The van der Waals surface area contributed by atoms with E-state index in [1.165, 1.54) is 6.42 Å². The van der Waals surface area contributed by atoms with Gasteiger partial charge in [0, 0.05) is 25.4 Å². The second kappa shape index (κ2) is 4.60. The fraction of sp³-hybridized carbons (Fsp3) is 0.875. The minimum Gasteiger partial charge on any atom is -0.343 e. The number of alkyl halides is 1. The second-order valence-corrected chi connectivity index (χ2v) is 3.26. The number of carbonyl (C=O) groups is 1. The van der Waals surface area contributed by atoms with Crippen LogP contribution in [0.15, 0.2) is 0 Å². The van der Waals surface area contributed by atoms with Gasteiger partial charge in [-0.1, -0.05) is 0 Å². The first-order chi connectivity index (χ1) is 5.34. The van der Waals surface area contributed by atoms with Gasteiger partial charge in [-0.3, -0.25) is 4.79 Å². The lowest BCUT2D eigenvalue weighted by Gasteiger charge is -2.30.